The van der Waals surface area contributed by atoms with Gasteiger partial charge in [0.2, 0.25) is 15.9 Å². The Bertz CT molecular complexity index is 721. The molecule has 0 aliphatic heterocycles. The summed E-state index contributed by atoms with van der Waals surface area (Å²) in [5, 5.41) is 7.99. The summed E-state index contributed by atoms with van der Waals surface area (Å²) in [5.74, 6) is 0.490. The highest BCUT2D eigenvalue weighted by molar-refractivity contribution is 7.89. The Kier molecular flexibility index (Phi) is 5.06. The maximum Gasteiger partial charge on any atom is 0.238 e. The van der Waals surface area contributed by atoms with Gasteiger partial charge < -0.3 is 11.1 Å². The fourth-order valence-corrected chi connectivity index (χ4v) is 4.74. The fraction of sp³-hybridized carbons (Fsp3) is 0.533. The summed E-state index contributed by atoms with van der Waals surface area (Å²) < 4.78 is 23.1. The molecule has 5 N–H and O–H groups in total. The van der Waals surface area contributed by atoms with E-state index in [1.165, 1.54) is 6.07 Å². The second kappa shape index (κ2) is 6.39. The standard InChI is InChI=1S/C15H21N3O3S.ClH/c1-8-2-5-11(7-12(8)22(17,20)21)18-15(19)13-9-3-4-10(6-9)14(13)16;/h2,5,7,9-10,13-14H,3-4,6,16H2,1H3,(H,18,19)(H2,17,20,21);1H. The number of carbonyl (C=O) groups excluding carboxylic acids is 1. The second-order valence-corrected chi connectivity index (χ2v) is 7.98. The predicted octanol–water partition coefficient (Wildman–Crippen LogP) is 1.38. The molecule has 6 nitrogen and oxygen atoms in total. The van der Waals surface area contributed by atoms with E-state index in [1.54, 1.807) is 19.1 Å². The minimum atomic E-state index is -3.81. The number of aryl methyl sites for hydroxylation is 1. The minimum Gasteiger partial charge on any atom is -0.327 e. The number of anilines is 1. The lowest BCUT2D eigenvalue weighted by atomic mass is 9.84. The summed E-state index contributed by atoms with van der Waals surface area (Å²) in [4.78, 5) is 12.5. The number of carbonyl (C=O) groups is 1. The molecule has 0 aromatic heterocycles. The molecule has 2 aliphatic carbocycles. The molecule has 2 aliphatic rings. The maximum absolute atomic E-state index is 12.5. The summed E-state index contributed by atoms with van der Waals surface area (Å²) in [6.07, 6.45) is 3.18. The molecule has 0 spiro atoms. The number of hydrogen-bond acceptors (Lipinski definition) is 4. The number of benzene rings is 1. The van der Waals surface area contributed by atoms with E-state index in [9.17, 15) is 13.2 Å². The zero-order valence-corrected chi connectivity index (χ0v) is 14.5. The molecule has 4 atom stereocenters. The van der Waals surface area contributed by atoms with Crippen molar-refractivity contribution in [1.82, 2.24) is 0 Å². The Morgan fingerprint density at radius 2 is 1.91 bits per heavy atom. The predicted molar refractivity (Wildman–Crippen MR) is 90.7 cm³/mol. The van der Waals surface area contributed by atoms with Gasteiger partial charge in [0.1, 0.15) is 0 Å². The van der Waals surface area contributed by atoms with Crippen LogP contribution in [0.1, 0.15) is 24.8 Å². The van der Waals surface area contributed by atoms with Gasteiger partial charge >= 0.3 is 0 Å². The smallest absolute Gasteiger partial charge is 0.238 e. The van der Waals surface area contributed by atoms with E-state index < -0.39 is 10.0 Å². The Balaban J connectivity index is 0.00000192. The first kappa shape index (κ1) is 18.2. The number of primary sulfonamides is 1. The maximum atomic E-state index is 12.5. The van der Waals surface area contributed by atoms with Crippen LogP contribution in [0.5, 0.6) is 0 Å². The van der Waals surface area contributed by atoms with Gasteiger partial charge in [-0.05, 0) is 55.7 Å². The number of hydrogen-bond donors (Lipinski definition) is 3. The molecular formula is C15H22ClN3O3S. The van der Waals surface area contributed by atoms with Crippen LogP contribution in [0.15, 0.2) is 23.1 Å². The SMILES string of the molecule is Cc1ccc(NC(=O)C2C3CCC(C3)C2N)cc1S(N)(=O)=O.Cl. The molecule has 4 unspecified atom stereocenters. The molecule has 2 bridgehead atoms. The number of rotatable bonds is 3. The molecular weight excluding hydrogens is 338 g/mol. The zero-order valence-electron chi connectivity index (χ0n) is 12.9. The van der Waals surface area contributed by atoms with Gasteiger partial charge in [0, 0.05) is 11.7 Å². The van der Waals surface area contributed by atoms with Crippen LogP contribution in [0, 0.1) is 24.7 Å². The Morgan fingerprint density at radius 1 is 1.26 bits per heavy atom. The van der Waals surface area contributed by atoms with Gasteiger partial charge in [-0.3, -0.25) is 4.79 Å². The van der Waals surface area contributed by atoms with Crippen LogP contribution in [-0.4, -0.2) is 20.4 Å². The van der Waals surface area contributed by atoms with Gasteiger partial charge in [-0.2, -0.15) is 0 Å². The summed E-state index contributed by atoms with van der Waals surface area (Å²) in [6, 6.07) is 4.62. The molecule has 1 amide bonds. The number of halogens is 1. The monoisotopic (exact) mass is 359 g/mol. The van der Waals surface area contributed by atoms with Crippen LogP contribution in [0.4, 0.5) is 5.69 Å². The van der Waals surface area contributed by atoms with Gasteiger partial charge in [-0.25, -0.2) is 13.6 Å². The normalized spacial score (nSPS) is 29.2. The third-order valence-corrected chi connectivity index (χ3v) is 6.10. The van der Waals surface area contributed by atoms with Crippen LogP contribution in [0.2, 0.25) is 0 Å². The number of sulfonamides is 1. The first-order chi connectivity index (χ1) is 10.3. The van der Waals surface area contributed by atoms with Gasteiger partial charge in [0.15, 0.2) is 0 Å². The first-order valence-electron chi connectivity index (χ1n) is 7.47. The highest BCUT2D eigenvalue weighted by Crippen LogP contribution is 2.47. The Hall–Kier alpha value is -1.15. The van der Waals surface area contributed by atoms with Crippen LogP contribution in [0.3, 0.4) is 0 Å². The van der Waals surface area contributed by atoms with Crippen molar-refractivity contribution in [3.63, 3.8) is 0 Å². The summed E-state index contributed by atoms with van der Waals surface area (Å²) in [5.41, 5.74) is 7.16. The number of nitrogens with two attached hydrogens (primary N) is 2. The molecule has 128 valence electrons. The van der Waals surface area contributed by atoms with Gasteiger partial charge in [-0.1, -0.05) is 6.07 Å². The van der Waals surface area contributed by atoms with Crippen LogP contribution >= 0.6 is 12.4 Å². The number of nitrogens with one attached hydrogen (secondary N) is 1. The molecule has 0 heterocycles. The lowest BCUT2D eigenvalue weighted by molar-refractivity contribution is -0.121. The van der Waals surface area contributed by atoms with Crippen molar-refractivity contribution in [1.29, 1.82) is 0 Å². The van der Waals surface area contributed by atoms with Crippen molar-refractivity contribution in [2.75, 3.05) is 5.32 Å². The van der Waals surface area contributed by atoms with Crippen LogP contribution in [-0.2, 0) is 14.8 Å². The fourth-order valence-electron chi connectivity index (χ4n) is 3.93. The Morgan fingerprint density at radius 3 is 2.48 bits per heavy atom. The highest BCUT2D eigenvalue weighted by atomic mass is 35.5. The summed E-state index contributed by atoms with van der Waals surface area (Å²) in [6.45, 7) is 1.66. The molecule has 3 rings (SSSR count). The average Bonchev–Trinajstić information content (AvgIpc) is 3.00. The molecule has 2 saturated carbocycles. The lowest BCUT2D eigenvalue weighted by Crippen LogP contribution is -2.42. The van der Waals surface area contributed by atoms with E-state index in [4.69, 9.17) is 10.9 Å². The highest BCUT2D eigenvalue weighted by Gasteiger charge is 2.49. The van der Waals surface area contributed by atoms with E-state index in [0.29, 0.717) is 23.1 Å². The van der Waals surface area contributed by atoms with Gasteiger partial charge in [-0.15, -0.1) is 12.4 Å². The number of fused-ring (bicyclic) bond motifs is 2. The first-order valence-corrected chi connectivity index (χ1v) is 9.02. The summed E-state index contributed by atoms with van der Waals surface area (Å²) in [7, 11) is -3.81. The van der Waals surface area contributed by atoms with Crippen molar-refractivity contribution in [3.05, 3.63) is 23.8 Å². The largest absolute Gasteiger partial charge is 0.327 e. The number of amides is 1. The van der Waals surface area contributed by atoms with Gasteiger partial charge in [0.25, 0.3) is 0 Å². The molecule has 2 fully saturated rings. The third-order valence-electron chi connectivity index (χ3n) is 5.05. The molecule has 1 aromatic rings. The minimum absolute atomic E-state index is 0. The molecule has 1 aromatic carbocycles. The molecule has 23 heavy (non-hydrogen) atoms. The topological polar surface area (TPSA) is 115 Å². The van der Waals surface area contributed by atoms with E-state index in [2.05, 4.69) is 5.32 Å². The zero-order chi connectivity index (χ0) is 16.1. The molecule has 0 saturated heterocycles. The van der Waals surface area contributed by atoms with Crippen molar-refractivity contribution in [2.24, 2.45) is 28.6 Å². The quantitative estimate of drug-likeness (QED) is 0.755. The van der Waals surface area contributed by atoms with Crippen molar-refractivity contribution < 1.29 is 13.2 Å². The van der Waals surface area contributed by atoms with Crippen molar-refractivity contribution >= 4 is 34.0 Å². The summed E-state index contributed by atoms with van der Waals surface area (Å²) >= 11 is 0. The van der Waals surface area contributed by atoms with E-state index in [1.807, 2.05) is 0 Å². The molecule has 8 heteroatoms. The van der Waals surface area contributed by atoms with Crippen LogP contribution < -0.4 is 16.2 Å². The second-order valence-electron chi connectivity index (χ2n) is 6.45. The Labute approximate surface area is 142 Å². The van der Waals surface area contributed by atoms with E-state index >= 15 is 0 Å². The molecule has 0 radical (unpaired) electrons. The van der Waals surface area contributed by atoms with Crippen LogP contribution in [0.25, 0.3) is 0 Å². The average molecular weight is 360 g/mol. The van der Waals surface area contributed by atoms with Gasteiger partial charge in [0.05, 0.1) is 10.8 Å². The third kappa shape index (κ3) is 3.38. The van der Waals surface area contributed by atoms with Crippen molar-refractivity contribution in [3.8, 4) is 0 Å². The lowest BCUT2D eigenvalue weighted by Gasteiger charge is -2.27. The van der Waals surface area contributed by atoms with Crippen molar-refractivity contribution in [2.45, 2.75) is 37.1 Å². The van der Waals surface area contributed by atoms with E-state index in [-0.39, 0.29) is 35.2 Å². The van der Waals surface area contributed by atoms with E-state index in [0.717, 1.165) is 19.3 Å².